The minimum absolute atomic E-state index is 0.135. The first-order valence-electron chi connectivity index (χ1n) is 9.25. The summed E-state index contributed by atoms with van der Waals surface area (Å²) < 4.78 is 6.63. The average Bonchev–Trinajstić information content (AvgIpc) is 3.06. The molecule has 1 aromatic heterocycles. The quantitative estimate of drug-likeness (QED) is 0.333. The van der Waals surface area contributed by atoms with Gasteiger partial charge in [0.15, 0.2) is 5.69 Å². The van der Waals surface area contributed by atoms with Crippen LogP contribution in [0.15, 0.2) is 81.4 Å². The van der Waals surface area contributed by atoms with Crippen LogP contribution in [-0.2, 0) is 6.61 Å². The number of carbonyl (C=O) groups is 1. The van der Waals surface area contributed by atoms with Crippen molar-refractivity contribution in [2.24, 2.45) is 10.2 Å². The van der Waals surface area contributed by atoms with Gasteiger partial charge in [0.25, 0.3) is 5.91 Å². The topological polar surface area (TPSA) is 87.0 Å². The number of aryl methyl sites for hydroxylation is 1. The second-order valence-corrected chi connectivity index (χ2v) is 7.63. The summed E-state index contributed by atoms with van der Waals surface area (Å²) in [5.74, 6) is 0.0126. The molecule has 4 aromatic rings. The number of nitrogens with zero attached hydrogens (tertiary/aromatic N) is 2. The number of hydrogen-bond acceptors (Lipinski definition) is 4. The van der Waals surface area contributed by atoms with Gasteiger partial charge in [-0.25, -0.2) is 0 Å². The standard InChI is InChI=1S/C23H18BrN3O3/c1-14-11-18-20(12-19(14)24)25-23(29)21(18)26-27-22(28)16-7-9-17(10-8-16)30-13-15-5-3-2-4-6-15/h2-12,25,29H,13H2,1H3. The maximum atomic E-state index is 12.4. The van der Waals surface area contributed by atoms with Gasteiger partial charge in [-0.1, -0.05) is 46.3 Å². The SMILES string of the molecule is Cc1cc2c(N=NC(=O)c3ccc(OCc4ccccc4)cc3)c(O)[nH]c2cc1Br. The third-order valence-corrected chi connectivity index (χ3v) is 5.48. The van der Waals surface area contributed by atoms with Gasteiger partial charge in [-0.15, -0.1) is 10.2 Å². The van der Waals surface area contributed by atoms with Crippen LogP contribution in [0.2, 0.25) is 0 Å². The summed E-state index contributed by atoms with van der Waals surface area (Å²) in [6.45, 7) is 2.38. The Kier molecular flexibility index (Phi) is 5.63. The lowest BCUT2D eigenvalue weighted by molar-refractivity contribution is 0.0995. The fraction of sp³-hybridized carbons (Fsp3) is 0.0870. The summed E-state index contributed by atoms with van der Waals surface area (Å²) in [6.07, 6.45) is 0. The number of ether oxygens (including phenoxy) is 1. The van der Waals surface area contributed by atoms with E-state index in [-0.39, 0.29) is 11.6 Å². The molecule has 0 bridgehead atoms. The van der Waals surface area contributed by atoms with E-state index in [1.807, 2.05) is 49.4 Å². The number of halogens is 1. The van der Waals surface area contributed by atoms with Crippen LogP contribution in [0.25, 0.3) is 10.9 Å². The summed E-state index contributed by atoms with van der Waals surface area (Å²) in [5.41, 5.74) is 3.36. The molecule has 2 N–H and O–H groups in total. The number of fused-ring (bicyclic) bond motifs is 1. The molecular formula is C23H18BrN3O3. The van der Waals surface area contributed by atoms with Crippen molar-refractivity contribution in [2.45, 2.75) is 13.5 Å². The zero-order valence-electron chi connectivity index (χ0n) is 16.1. The van der Waals surface area contributed by atoms with E-state index in [2.05, 4.69) is 31.1 Å². The molecule has 0 radical (unpaired) electrons. The van der Waals surface area contributed by atoms with Crippen LogP contribution in [0.4, 0.5) is 5.69 Å². The van der Waals surface area contributed by atoms with Gasteiger partial charge in [0, 0.05) is 15.4 Å². The van der Waals surface area contributed by atoms with E-state index in [9.17, 15) is 9.90 Å². The Balaban J connectivity index is 1.47. The van der Waals surface area contributed by atoms with E-state index in [1.54, 1.807) is 24.3 Å². The second kappa shape index (κ2) is 8.51. The number of aromatic amines is 1. The molecule has 7 heteroatoms. The van der Waals surface area contributed by atoms with Crippen LogP contribution in [0.1, 0.15) is 21.5 Å². The molecule has 0 aliphatic heterocycles. The summed E-state index contributed by atoms with van der Waals surface area (Å²) in [7, 11) is 0. The average molecular weight is 464 g/mol. The molecule has 0 fully saturated rings. The maximum absolute atomic E-state index is 12.4. The molecular weight excluding hydrogens is 446 g/mol. The zero-order chi connectivity index (χ0) is 21.1. The molecule has 0 saturated heterocycles. The molecule has 1 heterocycles. The van der Waals surface area contributed by atoms with Crippen molar-refractivity contribution in [1.82, 2.24) is 4.98 Å². The van der Waals surface area contributed by atoms with Crippen LogP contribution >= 0.6 is 15.9 Å². The number of rotatable bonds is 5. The van der Waals surface area contributed by atoms with Crippen LogP contribution in [0.5, 0.6) is 11.6 Å². The Morgan fingerprint density at radius 2 is 1.83 bits per heavy atom. The highest BCUT2D eigenvalue weighted by Gasteiger charge is 2.13. The Labute approximate surface area is 181 Å². The lowest BCUT2D eigenvalue weighted by Gasteiger charge is -2.06. The van der Waals surface area contributed by atoms with Crippen molar-refractivity contribution in [3.05, 3.63) is 87.9 Å². The van der Waals surface area contributed by atoms with Gasteiger partial charge in [-0.2, -0.15) is 0 Å². The predicted octanol–water partition coefficient (Wildman–Crippen LogP) is 6.45. The lowest BCUT2D eigenvalue weighted by Crippen LogP contribution is -1.97. The van der Waals surface area contributed by atoms with Gasteiger partial charge in [0.05, 0.1) is 5.52 Å². The molecule has 3 aromatic carbocycles. The molecule has 150 valence electrons. The minimum atomic E-state index is -0.507. The highest BCUT2D eigenvalue weighted by atomic mass is 79.9. The van der Waals surface area contributed by atoms with Crippen molar-refractivity contribution in [2.75, 3.05) is 0 Å². The summed E-state index contributed by atoms with van der Waals surface area (Å²) in [6, 6.07) is 20.3. The third kappa shape index (κ3) is 4.26. The molecule has 6 nitrogen and oxygen atoms in total. The van der Waals surface area contributed by atoms with Gasteiger partial charge in [-0.05, 0) is 54.4 Å². The van der Waals surface area contributed by atoms with Gasteiger partial charge < -0.3 is 14.8 Å². The molecule has 0 saturated carbocycles. The minimum Gasteiger partial charge on any atom is -0.493 e. The molecule has 0 atom stereocenters. The van der Waals surface area contributed by atoms with E-state index in [1.165, 1.54) is 0 Å². The van der Waals surface area contributed by atoms with Gasteiger partial charge in [0.2, 0.25) is 5.88 Å². The highest BCUT2D eigenvalue weighted by Crippen LogP contribution is 2.37. The number of aromatic hydroxyl groups is 1. The second-order valence-electron chi connectivity index (χ2n) is 6.77. The number of carbonyl (C=O) groups excluding carboxylic acids is 1. The van der Waals surface area contributed by atoms with Crippen molar-refractivity contribution in [3.63, 3.8) is 0 Å². The molecule has 1 amide bonds. The Morgan fingerprint density at radius 1 is 1.10 bits per heavy atom. The van der Waals surface area contributed by atoms with E-state index in [4.69, 9.17) is 4.74 Å². The van der Waals surface area contributed by atoms with Gasteiger partial charge in [-0.3, -0.25) is 4.79 Å². The maximum Gasteiger partial charge on any atom is 0.295 e. The number of benzene rings is 3. The largest absolute Gasteiger partial charge is 0.493 e. The summed E-state index contributed by atoms with van der Waals surface area (Å²) >= 11 is 3.45. The van der Waals surface area contributed by atoms with E-state index < -0.39 is 5.91 Å². The number of aromatic nitrogens is 1. The summed E-state index contributed by atoms with van der Waals surface area (Å²) in [5, 5.41) is 18.6. The number of amides is 1. The summed E-state index contributed by atoms with van der Waals surface area (Å²) in [4.78, 5) is 15.2. The zero-order valence-corrected chi connectivity index (χ0v) is 17.7. The number of azo groups is 1. The van der Waals surface area contributed by atoms with Crippen molar-refractivity contribution >= 4 is 38.4 Å². The van der Waals surface area contributed by atoms with Gasteiger partial charge >= 0.3 is 0 Å². The fourth-order valence-corrected chi connectivity index (χ4v) is 3.33. The number of H-pyrrole nitrogens is 1. The molecule has 0 spiro atoms. The first-order valence-corrected chi connectivity index (χ1v) is 10.0. The van der Waals surface area contributed by atoms with E-state index in [0.29, 0.717) is 28.8 Å². The van der Waals surface area contributed by atoms with Crippen LogP contribution in [-0.4, -0.2) is 16.0 Å². The van der Waals surface area contributed by atoms with Crippen molar-refractivity contribution in [1.29, 1.82) is 0 Å². The first kappa shape index (κ1) is 19.8. The van der Waals surface area contributed by atoms with Crippen LogP contribution < -0.4 is 4.74 Å². The Hall–Kier alpha value is -3.45. The molecule has 0 aliphatic carbocycles. The van der Waals surface area contributed by atoms with Crippen LogP contribution in [0, 0.1) is 6.92 Å². The third-order valence-electron chi connectivity index (χ3n) is 4.62. The van der Waals surface area contributed by atoms with Gasteiger partial charge in [0.1, 0.15) is 12.4 Å². The first-order chi connectivity index (χ1) is 14.5. The van der Waals surface area contributed by atoms with E-state index >= 15 is 0 Å². The van der Waals surface area contributed by atoms with Crippen molar-refractivity contribution < 1.29 is 14.6 Å². The molecule has 0 unspecified atom stereocenters. The van der Waals surface area contributed by atoms with Crippen molar-refractivity contribution in [3.8, 4) is 11.6 Å². The predicted molar refractivity (Wildman–Crippen MR) is 118 cm³/mol. The molecule has 0 aliphatic rings. The smallest absolute Gasteiger partial charge is 0.295 e. The lowest BCUT2D eigenvalue weighted by atomic mass is 10.1. The molecule has 30 heavy (non-hydrogen) atoms. The fourth-order valence-electron chi connectivity index (χ4n) is 2.98. The Morgan fingerprint density at radius 3 is 2.57 bits per heavy atom. The number of hydrogen-bond donors (Lipinski definition) is 2. The highest BCUT2D eigenvalue weighted by molar-refractivity contribution is 9.10. The Bertz CT molecular complexity index is 1230. The normalized spacial score (nSPS) is 11.3. The molecule has 4 rings (SSSR count). The van der Waals surface area contributed by atoms with E-state index in [0.717, 1.165) is 15.6 Å². The van der Waals surface area contributed by atoms with Crippen LogP contribution in [0.3, 0.4) is 0 Å². The number of nitrogens with one attached hydrogen (secondary N) is 1. The monoisotopic (exact) mass is 463 g/mol.